The van der Waals surface area contributed by atoms with Crippen molar-refractivity contribution in [3.8, 4) is 0 Å². The van der Waals surface area contributed by atoms with Crippen molar-refractivity contribution in [2.45, 2.75) is 66.0 Å². The molecule has 0 bridgehead atoms. The van der Waals surface area contributed by atoms with E-state index in [9.17, 15) is 0 Å². The molecular formula is C14H29NS. The fourth-order valence-corrected chi connectivity index (χ4v) is 3.78. The Morgan fingerprint density at radius 2 is 2.06 bits per heavy atom. The van der Waals surface area contributed by atoms with Crippen LogP contribution in [0, 0.1) is 11.3 Å². The first-order chi connectivity index (χ1) is 7.44. The van der Waals surface area contributed by atoms with Crippen molar-refractivity contribution in [1.82, 2.24) is 5.32 Å². The van der Waals surface area contributed by atoms with Crippen LogP contribution in [0.25, 0.3) is 0 Å². The Balaban J connectivity index is 2.26. The van der Waals surface area contributed by atoms with Gasteiger partial charge in [-0.15, -0.1) is 0 Å². The minimum absolute atomic E-state index is 0.551. The van der Waals surface area contributed by atoms with Gasteiger partial charge in [0, 0.05) is 12.1 Å². The molecule has 96 valence electrons. The van der Waals surface area contributed by atoms with E-state index in [1.807, 2.05) is 0 Å². The van der Waals surface area contributed by atoms with Crippen molar-refractivity contribution in [2.75, 3.05) is 11.5 Å². The van der Waals surface area contributed by atoms with E-state index in [4.69, 9.17) is 0 Å². The lowest BCUT2D eigenvalue weighted by atomic mass is 9.91. The highest BCUT2D eigenvalue weighted by Crippen LogP contribution is 2.41. The van der Waals surface area contributed by atoms with Gasteiger partial charge < -0.3 is 5.32 Å². The second-order valence-electron chi connectivity index (χ2n) is 6.21. The Labute approximate surface area is 106 Å². The van der Waals surface area contributed by atoms with Crippen LogP contribution in [-0.4, -0.2) is 23.6 Å². The summed E-state index contributed by atoms with van der Waals surface area (Å²) in [5.41, 5.74) is 0.551. The van der Waals surface area contributed by atoms with Gasteiger partial charge in [0.25, 0.3) is 0 Å². The van der Waals surface area contributed by atoms with Crippen molar-refractivity contribution in [3.05, 3.63) is 0 Å². The third-order valence-corrected chi connectivity index (χ3v) is 4.66. The average molecular weight is 243 g/mol. The van der Waals surface area contributed by atoms with Crippen LogP contribution in [0.2, 0.25) is 0 Å². The van der Waals surface area contributed by atoms with Crippen molar-refractivity contribution in [2.24, 2.45) is 11.3 Å². The van der Waals surface area contributed by atoms with Gasteiger partial charge in [-0.1, -0.05) is 27.7 Å². The predicted octanol–water partition coefficient (Wildman–Crippen LogP) is 3.93. The number of thioether (sulfide) groups is 1. The van der Waals surface area contributed by atoms with E-state index in [0.29, 0.717) is 11.5 Å². The van der Waals surface area contributed by atoms with Gasteiger partial charge in [0.1, 0.15) is 0 Å². The lowest BCUT2D eigenvalue weighted by Crippen LogP contribution is -2.38. The highest BCUT2D eigenvalue weighted by atomic mass is 32.2. The van der Waals surface area contributed by atoms with Gasteiger partial charge in [-0.25, -0.2) is 0 Å². The summed E-state index contributed by atoms with van der Waals surface area (Å²) in [7, 11) is 0. The third kappa shape index (κ3) is 4.67. The smallest absolute Gasteiger partial charge is 0.0100 e. The summed E-state index contributed by atoms with van der Waals surface area (Å²) in [6.07, 6.45) is 4.03. The average Bonchev–Trinajstić information content (AvgIpc) is 2.40. The van der Waals surface area contributed by atoms with E-state index in [0.717, 1.165) is 12.0 Å². The summed E-state index contributed by atoms with van der Waals surface area (Å²) in [6, 6.07) is 1.43. The Hall–Kier alpha value is 0.310. The minimum Gasteiger partial charge on any atom is -0.311 e. The van der Waals surface area contributed by atoms with E-state index in [1.54, 1.807) is 0 Å². The molecule has 3 unspecified atom stereocenters. The quantitative estimate of drug-likeness (QED) is 0.709. The molecule has 3 atom stereocenters. The molecule has 0 radical (unpaired) electrons. The molecule has 0 spiro atoms. The summed E-state index contributed by atoms with van der Waals surface area (Å²) in [5.74, 6) is 3.39. The largest absolute Gasteiger partial charge is 0.311 e. The number of nitrogens with one attached hydrogen (secondary N) is 1. The molecule has 1 saturated carbocycles. The Kier molecular flexibility index (Phi) is 5.66. The summed E-state index contributed by atoms with van der Waals surface area (Å²) in [4.78, 5) is 0. The third-order valence-electron chi connectivity index (χ3n) is 3.73. The summed E-state index contributed by atoms with van der Waals surface area (Å²) < 4.78 is 0. The molecule has 0 amide bonds. The molecule has 1 rings (SSSR count). The summed E-state index contributed by atoms with van der Waals surface area (Å²) in [6.45, 7) is 11.8. The van der Waals surface area contributed by atoms with E-state index < -0.39 is 0 Å². The zero-order valence-corrected chi connectivity index (χ0v) is 12.5. The van der Waals surface area contributed by atoms with Crippen LogP contribution in [0.5, 0.6) is 0 Å². The van der Waals surface area contributed by atoms with E-state index in [-0.39, 0.29) is 0 Å². The maximum atomic E-state index is 3.83. The standard InChI is InChI=1S/C14H29NS/c1-6-16-8-7-12(3)15-13-10-14(4,5)9-11(13)2/h11-13,15H,6-10H2,1-5H3. The highest BCUT2D eigenvalue weighted by Gasteiger charge is 2.36. The van der Waals surface area contributed by atoms with Crippen LogP contribution in [-0.2, 0) is 0 Å². The molecule has 1 aliphatic carbocycles. The van der Waals surface area contributed by atoms with E-state index >= 15 is 0 Å². The predicted molar refractivity (Wildman–Crippen MR) is 76.2 cm³/mol. The Bertz CT molecular complexity index is 203. The van der Waals surface area contributed by atoms with Gasteiger partial charge in [-0.05, 0) is 49.0 Å². The molecule has 0 aromatic heterocycles. The molecule has 16 heavy (non-hydrogen) atoms. The lowest BCUT2D eigenvalue weighted by molar-refractivity contribution is 0.353. The first kappa shape index (κ1) is 14.4. The number of hydrogen-bond acceptors (Lipinski definition) is 2. The first-order valence-electron chi connectivity index (χ1n) is 6.78. The van der Waals surface area contributed by atoms with Gasteiger partial charge in [-0.2, -0.15) is 11.8 Å². The number of hydrogen-bond donors (Lipinski definition) is 1. The SMILES string of the molecule is CCSCCC(C)NC1CC(C)(C)CC1C. The summed E-state index contributed by atoms with van der Waals surface area (Å²) >= 11 is 2.05. The molecule has 2 heteroatoms. The lowest BCUT2D eigenvalue weighted by Gasteiger charge is -2.23. The van der Waals surface area contributed by atoms with Crippen LogP contribution in [0.3, 0.4) is 0 Å². The Morgan fingerprint density at radius 1 is 1.38 bits per heavy atom. The molecule has 0 heterocycles. The molecule has 0 aliphatic heterocycles. The van der Waals surface area contributed by atoms with Crippen LogP contribution in [0.4, 0.5) is 0 Å². The maximum Gasteiger partial charge on any atom is 0.0100 e. The zero-order chi connectivity index (χ0) is 12.2. The zero-order valence-electron chi connectivity index (χ0n) is 11.7. The summed E-state index contributed by atoms with van der Waals surface area (Å²) in [5, 5.41) is 3.83. The van der Waals surface area contributed by atoms with E-state index in [1.165, 1.54) is 30.8 Å². The van der Waals surface area contributed by atoms with Crippen LogP contribution >= 0.6 is 11.8 Å². The Morgan fingerprint density at radius 3 is 2.56 bits per heavy atom. The maximum absolute atomic E-state index is 3.83. The fourth-order valence-electron chi connectivity index (χ4n) is 2.97. The topological polar surface area (TPSA) is 12.0 Å². The van der Waals surface area contributed by atoms with Crippen LogP contribution < -0.4 is 5.32 Å². The van der Waals surface area contributed by atoms with Crippen molar-refractivity contribution >= 4 is 11.8 Å². The monoisotopic (exact) mass is 243 g/mol. The normalized spacial score (nSPS) is 30.6. The molecular weight excluding hydrogens is 214 g/mol. The van der Waals surface area contributed by atoms with Gasteiger partial charge in [0.15, 0.2) is 0 Å². The van der Waals surface area contributed by atoms with E-state index in [2.05, 4.69) is 51.7 Å². The molecule has 0 aromatic carbocycles. The van der Waals surface area contributed by atoms with Gasteiger partial charge in [0.2, 0.25) is 0 Å². The van der Waals surface area contributed by atoms with Crippen molar-refractivity contribution in [1.29, 1.82) is 0 Å². The molecule has 1 nitrogen and oxygen atoms in total. The molecule has 0 aromatic rings. The van der Waals surface area contributed by atoms with Gasteiger partial charge in [-0.3, -0.25) is 0 Å². The number of rotatable bonds is 6. The van der Waals surface area contributed by atoms with Gasteiger partial charge >= 0.3 is 0 Å². The second-order valence-corrected chi connectivity index (χ2v) is 7.60. The molecule has 1 fully saturated rings. The first-order valence-corrected chi connectivity index (χ1v) is 7.94. The molecule has 1 aliphatic rings. The van der Waals surface area contributed by atoms with Crippen molar-refractivity contribution in [3.63, 3.8) is 0 Å². The highest BCUT2D eigenvalue weighted by molar-refractivity contribution is 7.99. The van der Waals surface area contributed by atoms with Crippen LogP contribution in [0.15, 0.2) is 0 Å². The van der Waals surface area contributed by atoms with Gasteiger partial charge in [0.05, 0.1) is 0 Å². The fraction of sp³-hybridized carbons (Fsp3) is 1.00. The second kappa shape index (κ2) is 6.30. The minimum atomic E-state index is 0.551. The molecule has 0 saturated heterocycles. The molecule has 1 N–H and O–H groups in total. The van der Waals surface area contributed by atoms with Crippen LogP contribution in [0.1, 0.15) is 53.9 Å². The van der Waals surface area contributed by atoms with Crippen molar-refractivity contribution < 1.29 is 0 Å².